The van der Waals surface area contributed by atoms with E-state index in [1.165, 1.54) is 35.1 Å². The third-order valence-electron chi connectivity index (χ3n) is 6.21. The van der Waals surface area contributed by atoms with E-state index in [9.17, 15) is 0 Å². The van der Waals surface area contributed by atoms with E-state index in [-0.39, 0.29) is 10.8 Å². The van der Waals surface area contributed by atoms with Crippen LogP contribution >= 0.6 is 0 Å². The van der Waals surface area contributed by atoms with E-state index in [2.05, 4.69) is 71.8 Å². The quantitative estimate of drug-likeness (QED) is 0.561. The Morgan fingerprint density at radius 2 is 1.74 bits per heavy atom. The molecule has 0 spiro atoms. The molecule has 27 heavy (non-hydrogen) atoms. The van der Waals surface area contributed by atoms with Gasteiger partial charge in [-0.05, 0) is 76.3 Å². The first kappa shape index (κ1) is 19.9. The van der Waals surface area contributed by atoms with Gasteiger partial charge >= 0.3 is 0 Å². The average molecular weight is 366 g/mol. The first-order valence-electron chi connectivity index (χ1n) is 10.4. The minimum atomic E-state index is 0.223. The van der Waals surface area contributed by atoms with E-state index >= 15 is 0 Å². The Kier molecular flexibility index (Phi) is 5.38. The van der Waals surface area contributed by atoms with Gasteiger partial charge in [-0.25, -0.2) is 0 Å². The monoisotopic (exact) mass is 365 g/mol. The molecule has 0 aliphatic heterocycles. The molecule has 0 atom stereocenters. The minimum Gasteiger partial charge on any atom is -0.357 e. The lowest BCUT2D eigenvalue weighted by atomic mass is 9.62. The van der Waals surface area contributed by atoms with Gasteiger partial charge in [-0.3, -0.25) is 0 Å². The lowest BCUT2D eigenvalue weighted by molar-refractivity contribution is 0.331. The lowest BCUT2D eigenvalue weighted by Gasteiger charge is -2.42. The highest BCUT2D eigenvalue weighted by molar-refractivity contribution is 5.82. The Labute approximate surface area is 165 Å². The van der Waals surface area contributed by atoms with Crippen LogP contribution in [0.2, 0.25) is 0 Å². The predicted molar refractivity (Wildman–Crippen MR) is 115 cm³/mol. The molecule has 1 aliphatic carbocycles. The summed E-state index contributed by atoms with van der Waals surface area (Å²) in [6, 6.07) is 6.96. The van der Waals surface area contributed by atoms with E-state index in [1.807, 2.05) is 6.07 Å². The van der Waals surface area contributed by atoms with Gasteiger partial charge in [-0.2, -0.15) is 0 Å². The van der Waals surface area contributed by atoms with Crippen LogP contribution in [0, 0.1) is 5.92 Å². The number of allylic oxidation sites excluding steroid dienone is 1. The van der Waals surface area contributed by atoms with Crippen LogP contribution < -0.4 is 0 Å². The molecular formula is C25H35NO. The van der Waals surface area contributed by atoms with Gasteiger partial charge in [0, 0.05) is 6.07 Å². The summed E-state index contributed by atoms with van der Waals surface area (Å²) in [5.41, 5.74) is 7.75. The normalized spacial score (nSPS) is 18.6. The van der Waals surface area contributed by atoms with Gasteiger partial charge in [-0.1, -0.05) is 65.8 Å². The van der Waals surface area contributed by atoms with E-state index in [1.54, 1.807) is 11.8 Å². The van der Waals surface area contributed by atoms with Crippen LogP contribution in [0.3, 0.4) is 0 Å². The molecule has 2 nitrogen and oxygen atoms in total. The van der Waals surface area contributed by atoms with Gasteiger partial charge in [-0.15, -0.1) is 0 Å². The van der Waals surface area contributed by atoms with Crippen molar-refractivity contribution in [3.8, 4) is 0 Å². The van der Waals surface area contributed by atoms with Crippen molar-refractivity contribution in [2.75, 3.05) is 0 Å². The first-order chi connectivity index (χ1) is 12.6. The Morgan fingerprint density at radius 3 is 2.26 bits per heavy atom. The van der Waals surface area contributed by atoms with Crippen molar-refractivity contribution >= 4 is 11.6 Å². The van der Waals surface area contributed by atoms with Crippen LogP contribution in [-0.4, -0.2) is 5.16 Å². The molecule has 0 unspecified atom stereocenters. The number of nitrogens with zero attached hydrogens (tertiary/aromatic N) is 1. The summed E-state index contributed by atoms with van der Waals surface area (Å²) < 4.78 is 5.37. The molecule has 1 aromatic heterocycles. The molecule has 2 aromatic rings. The van der Waals surface area contributed by atoms with Crippen molar-refractivity contribution in [1.82, 2.24) is 5.16 Å². The molecule has 0 bridgehead atoms. The number of rotatable bonds is 5. The number of fused-ring (bicyclic) bond motifs is 1. The van der Waals surface area contributed by atoms with Crippen LogP contribution in [0.4, 0.5) is 0 Å². The summed E-state index contributed by atoms with van der Waals surface area (Å²) in [5.74, 6) is 1.46. The minimum absolute atomic E-state index is 0.223. The maximum atomic E-state index is 5.37. The van der Waals surface area contributed by atoms with E-state index in [0.29, 0.717) is 5.92 Å². The first-order valence-corrected chi connectivity index (χ1v) is 10.4. The van der Waals surface area contributed by atoms with Crippen molar-refractivity contribution in [3.05, 3.63) is 52.4 Å². The van der Waals surface area contributed by atoms with E-state index in [0.717, 1.165) is 18.6 Å². The molecule has 0 N–H and O–H groups in total. The van der Waals surface area contributed by atoms with Crippen molar-refractivity contribution in [1.29, 1.82) is 0 Å². The van der Waals surface area contributed by atoms with Crippen LogP contribution in [0.5, 0.6) is 0 Å². The zero-order valence-electron chi connectivity index (χ0n) is 18.1. The molecular weight excluding hydrogens is 330 g/mol. The molecule has 0 saturated heterocycles. The Balaban J connectivity index is 2.23. The second-order valence-corrected chi connectivity index (χ2v) is 9.86. The fraction of sp³-hybridized carbons (Fsp3) is 0.560. The van der Waals surface area contributed by atoms with Gasteiger partial charge < -0.3 is 4.52 Å². The molecule has 1 aromatic carbocycles. The van der Waals surface area contributed by atoms with Crippen molar-refractivity contribution < 1.29 is 4.52 Å². The summed E-state index contributed by atoms with van der Waals surface area (Å²) >= 11 is 0. The van der Waals surface area contributed by atoms with E-state index in [4.69, 9.17) is 4.52 Å². The second-order valence-electron chi connectivity index (χ2n) is 9.86. The summed E-state index contributed by atoms with van der Waals surface area (Å²) in [5, 5.41) is 3.87. The van der Waals surface area contributed by atoms with Crippen molar-refractivity contribution in [3.63, 3.8) is 0 Å². The van der Waals surface area contributed by atoms with Crippen LogP contribution in [0.1, 0.15) is 95.7 Å². The number of hydrogen-bond acceptors (Lipinski definition) is 2. The molecule has 1 aliphatic rings. The fourth-order valence-electron chi connectivity index (χ4n) is 4.41. The number of aromatic nitrogens is 1. The maximum absolute atomic E-state index is 5.37. The van der Waals surface area contributed by atoms with E-state index < -0.39 is 0 Å². The van der Waals surface area contributed by atoms with Crippen molar-refractivity contribution in [2.24, 2.45) is 5.92 Å². The number of benzene rings is 1. The predicted octanol–water partition coefficient (Wildman–Crippen LogP) is 7.17. The highest BCUT2D eigenvalue weighted by Crippen LogP contribution is 2.47. The third-order valence-corrected chi connectivity index (χ3v) is 6.21. The highest BCUT2D eigenvalue weighted by Gasteiger charge is 2.37. The van der Waals surface area contributed by atoms with Crippen LogP contribution in [0.15, 0.2) is 28.9 Å². The van der Waals surface area contributed by atoms with Crippen molar-refractivity contribution in [2.45, 2.75) is 85.0 Å². The third kappa shape index (κ3) is 4.05. The molecule has 0 fully saturated rings. The van der Waals surface area contributed by atoms with Crippen LogP contribution in [-0.2, 0) is 17.3 Å². The highest BCUT2D eigenvalue weighted by atomic mass is 16.5. The summed E-state index contributed by atoms with van der Waals surface area (Å²) in [4.78, 5) is 0. The molecule has 0 amide bonds. The molecule has 0 saturated carbocycles. The summed E-state index contributed by atoms with van der Waals surface area (Å²) in [6.45, 7) is 16.5. The van der Waals surface area contributed by atoms with Gasteiger partial charge in [0.15, 0.2) is 5.76 Å². The average Bonchev–Trinajstić information content (AvgIpc) is 3.09. The van der Waals surface area contributed by atoms with Gasteiger partial charge in [0.05, 0.1) is 6.20 Å². The molecule has 2 heteroatoms. The zero-order valence-corrected chi connectivity index (χ0v) is 18.1. The maximum Gasteiger partial charge on any atom is 0.159 e. The van der Waals surface area contributed by atoms with Gasteiger partial charge in [0.2, 0.25) is 0 Å². The molecule has 146 valence electrons. The Morgan fingerprint density at radius 1 is 1.11 bits per heavy atom. The molecule has 3 rings (SSSR count). The summed E-state index contributed by atoms with van der Waals surface area (Å²) in [6.07, 6.45) is 8.46. The molecule has 1 heterocycles. The fourth-order valence-corrected chi connectivity index (χ4v) is 4.41. The Hall–Kier alpha value is -1.83. The molecule has 0 radical (unpaired) electrons. The summed E-state index contributed by atoms with van der Waals surface area (Å²) in [7, 11) is 0. The smallest absolute Gasteiger partial charge is 0.159 e. The Bertz CT molecular complexity index is 822. The second kappa shape index (κ2) is 7.30. The topological polar surface area (TPSA) is 26.0 Å². The number of hydrogen-bond donors (Lipinski definition) is 0. The van der Waals surface area contributed by atoms with Gasteiger partial charge in [0.25, 0.3) is 0 Å². The standard InChI is InChI=1S/C25H35NO/c1-8-18(14-20-9-12-26-27-20)21-16-23-22(15-19(21)13-17(2)3)24(4,5)10-11-25(23,6)7/h9,12,14-17H,8,10-11,13H2,1-7H3/b18-14+. The SMILES string of the molecule is CC/C(=C\c1ccno1)c1cc2c(cc1CC(C)C)C(C)(C)CCC2(C)C. The zero-order chi connectivity index (χ0) is 19.8. The van der Waals surface area contributed by atoms with Gasteiger partial charge in [0.1, 0.15) is 0 Å². The largest absolute Gasteiger partial charge is 0.357 e. The lowest BCUT2D eigenvalue weighted by Crippen LogP contribution is -2.34. The van der Waals surface area contributed by atoms with Crippen LogP contribution in [0.25, 0.3) is 11.6 Å².